The number of unbranched alkanes of at least 4 members (excludes halogenated alkanes) is 2. The molecule has 0 saturated heterocycles. The van der Waals surface area contributed by atoms with Gasteiger partial charge in [0, 0.05) is 26.4 Å². The summed E-state index contributed by atoms with van der Waals surface area (Å²) in [4.78, 5) is 0. The molecule has 0 aliphatic heterocycles. The van der Waals surface area contributed by atoms with Crippen molar-refractivity contribution in [3.63, 3.8) is 0 Å². The first kappa shape index (κ1) is 18.8. The molecular formula is C15H32O4. The molecule has 0 fully saturated rings. The van der Waals surface area contributed by atoms with E-state index >= 15 is 0 Å². The van der Waals surface area contributed by atoms with Gasteiger partial charge >= 0.3 is 5.97 Å². The van der Waals surface area contributed by atoms with Crippen LogP contribution in [0.15, 0.2) is 0 Å². The summed E-state index contributed by atoms with van der Waals surface area (Å²) >= 11 is 0. The molecule has 0 aromatic carbocycles. The van der Waals surface area contributed by atoms with Crippen molar-refractivity contribution in [1.82, 2.24) is 0 Å². The summed E-state index contributed by atoms with van der Waals surface area (Å²) in [6, 6.07) is 0. The third-order valence-corrected chi connectivity index (χ3v) is 2.87. The monoisotopic (exact) mass is 276 g/mol. The van der Waals surface area contributed by atoms with Gasteiger partial charge in [0.15, 0.2) is 0 Å². The molecule has 19 heavy (non-hydrogen) atoms. The van der Waals surface area contributed by atoms with Crippen molar-refractivity contribution in [3.05, 3.63) is 0 Å². The molecule has 0 aromatic rings. The SMILES string of the molecule is CCCCCC(OCC)C(OCC)(OCC)OCC. The van der Waals surface area contributed by atoms with Gasteiger partial charge in [-0.3, -0.25) is 0 Å². The number of ether oxygens (including phenoxy) is 4. The van der Waals surface area contributed by atoms with Gasteiger partial charge in [-0.15, -0.1) is 0 Å². The van der Waals surface area contributed by atoms with Crippen LogP contribution < -0.4 is 0 Å². The molecule has 0 aromatic heterocycles. The van der Waals surface area contributed by atoms with Crippen molar-refractivity contribution >= 4 is 0 Å². The Morgan fingerprint density at radius 3 is 1.63 bits per heavy atom. The topological polar surface area (TPSA) is 36.9 Å². The van der Waals surface area contributed by atoms with E-state index in [1.165, 1.54) is 12.8 Å². The Morgan fingerprint density at radius 2 is 1.26 bits per heavy atom. The van der Waals surface area contributed by atoms with Gasteiger partial charge in [0.05, 0.1) is 0 Å². The lowest BCUT2D eigenvalue weighted by Gasteiger charge is -2.38. The molecule has 0 N–H and O–H groups in total. The number of hydrogen-bond donors (Lipinski definition) is 0. The molecule has 0 aliphatic carbocycles. The zero-order chi connectivity index (χ0) is 14.6. The van der Waals surface area contributed by atoms with Gasteiger partial charge in [-0.1, -0.05) is 26.2 Å². The van der Waals surface area contributed by atoms with Crippen molar-refractivity contribution in [2.24, 2.45) is 0 Å². The van der Waals surface area contributed by atoms with Crippen LogP contribution in [-0.4, -0.2) is 38.5 Å². The van der Waals surface area contributed by atoms with E-state index in [2.05, 4.69) is 6.92 Å². The summed E-state index contributed by atoms with van der Waals surface area (Å²) in [6.45, 7) is 12.3. The number of hydrogen-bond acceptors (Lipinski definition) is 4. The molecule has 4 heteroatoms. The number of rotatable bonds is 13. The van der Waals surface area contributed by atoms with E-state index in [-0.39, 0.29) is 6.10 Å². The zero-order valence-electron chi connectivity index (χ0n) is 13.4. The molecule has 0 radical (unpaired) electrons. The van der Waals surface area contributed by atoms with E-state index in [4.69, 9.17) is 18.9 Å². The molecule has 0 saturated carbocycles. The highest BCUT2D eigenvalue weighted by molar-refractivity contribution is 4.73. The highest BCUT2D eigenvalue weighted by Gasteiger charge is 2.42. The van der Waals surface area contributed by atoms with Crippen molar-refractivity contribution in [1.29, 1.82) is 0 Å². The molecule has 0 bridgehead atoms. The van der Waals surface area contributed by atoms with Crippen molar-refractivity contribution in [2.45, 2.75) is 72.4 Å². The zero-order valence-corrected chi connectivity index (χ0v) is 13.4. The fraction of sp³-hybridized carbons (Fsp3) is 1.00. The fourth-order valence-electron chi connectivity index (χ4n) is 2.15. The van der Waals surface area contributed by atoms with Gasteiger partial charge in [0.2, 0.25) is 0 Å². The second-order valence-corrected chi connectivity index (χ2v) is 4.34. The average molecular weight is 276 g/mol. The molecule has 0 rings (SSSR count). The summed E-state index contributed by atoms with van der Waals surface area (Å²) in [7, 11) is 0. The van der Waals surface area contributed by atoms with Crippen LogP contribution in [0, 0.1) is 0 Å². The van der Waals surface area contributed by atoms with Crippen LogP contribution >= 0.6 is 0 Å². The van der Waals surface area contributed by atoms with E-state index in [1.807, 2.05) is 27.7 Å². The maximum Gasteiger partial charge on any atom is 0.310 e. The molecule has 0 heterocycles. The van der Waals surface area contributed by atoms with Gasteiger partial charge in [0.1, 0.15) is 6.10 Å². The largest absolute Gasteiger partial charge is 0.370 e. The molecule has 0 spiro atoms. The smallest absolute Gasteiger partial charge is 0.310 e. The van der Waals surface area contributed by atoms with Gasteiger partial charge in [0.25, 0.3) is 0 Å². The van der Waals surface area contributed by atoms with Crippen LogP contribution in [0.5, 0.6) is 0 Å². The Morgan fingerprint density at radius 1 is 0.737 bits per heavy atom. The van der Waals surface area contributed by atoms with E-state index in [0.717, 1.165) is 12.8 Å². The minimum atomic E-state index is -1.05. The van der Waals surface area contributed by atoms with Gasteiger partial charge < -0.3 is 18.9 Å². The van der Waals surface area contributed by atoms with E-state index in [0.29, 0.717) is 26.4 Å². The fourth-order valence-corrected chi connectivity index (χ4v) is 2.15. The minimum Gasteiger partial charge on any atom is -0.370 e. The standard InChI is InChI=1S/C15H32O4/c1-6-11-12-13-14(16-7-2)15(17-8-3,18-9-4)19-10-5/h14H,6-13H2,1-5H3. The van der Waals surface area contributed by atoms with Crippen LogP contribution in [0.3, 0.4) is 0 Å². The van der Waals surface area contributed by atoms with Gasteiger partial charge in [-0.2, -0.15) is 0 Å². The normalized spacial score (nSPS) is 13.7. The van der Waals surface area contributed by atoms with Crippen molar-refractivity contribution in [2.75, 3.05) is 26.4 Å². The molecular weight excluding hydrogens is 244 g/mol. The summed E-state index contributed by atoms with van der Waals surface area (Å²) in [5, 5.41) is 0. The van der Waals surface area contributed by atoms with Crippen LogP contribution in [-0.2, 0) is 18.9 Å². The predicted molar refractivity (Wildman–Crippen MR) is 77.2 cm³/mol. The Bertz CT molecular complexity index is 180. The summed E-state index contributed by atoms with van der Waals surface area (Å²) in [6.07, 6.45) is 4.18. The quantitative estimate of drug-likeness (QED) is 0.379. The summed E-state index contributed by atoms with van der Waals surface area (Å²) in [5.41, 5.74) is 0. The first-order valence-electron chi connectivity index (χ1n) is 7.74. The van der Waals surface area contributed by atoms with Crippen LogP contribution in [0.4, 0.5) is 0 Å². The lowest BCUT2D eigenvalue weighted by Crippen LogP contribution is -2.51. The van der Waals surface area contributed by atoms with Gasteiger partial charge in [-0.25, -0.2) is 0 Å². The van der Waals surface area contributed by atoms with E-state index < -0.39 is 5.97 Å². The van der Waals surface area contributed by atoms with E-state index in [9.17, 15) is 0 Å². The molecule has 116 valence electrons. The first-order valence-corrected chi connectivity index (χ1v) is 7.74. The molecule has 1 unspecified atom stereocenters. The first-order chi connectivity index (χ1) is 9.20. The Kier molecular flexibility index (Phi) is 11.6. The van der Waals surface area contributed by atoms with Crippen LogP contribution in [0.25, 0.3) is 0 Å². The van der Waals surface area contributed by atoms with Crippen molar-refractivity contribution < 1.29 is 18.9 Å². The van der Waals surface area contributed by atoms with Crippen molar-refractivity contribution in [3.8, 4) is 0 Å². The van der Waals surface area contributed by atoms with Crippen LogP contribution in [0.1, 0.15) is 60.3 Å². The molecule has 0 amide bonds. The predicted octanol–water partition coefficient (Wildman–Crippen LogP) is 3.74. The Balaban J connectivity index is 4.84. The third kappa shape index (κ3) is 6.70. The maximum absolute atomic E-state index is 5.84. The third-order valence-electron chi connectivity index (χ3n) is 2.87. The Labute approximate surface area is 118 Å². The second-order valence-electron chi connectivity index (χ2n) is 4.34. The lowest BCUT2D eigenvalue weighted by atomic mass is 10.1. The highest BCUT2D eigenvalue weighted by atomic mass is 16.9. The maximum atomic E-state index is 5.84. The van der Waals surface area contributed by atoms with Crippen LogP contribution in [0.2, 0.25) is 0 Å². The van der Waals surface area contributed by atoms with Gasteiger partial charge in [-0.05, 0) is 34.1 Å². The second kappa shape index (κ2) is 11.6. The van der Waals surface area contributed by atoms with E-state index in [1.54, 1.807) is 0 Å². The molecule has 1 atom stereocenters. The summed E-state index contributed by atoms with van der Waals surface area (Å²) < 4.78 is 23.2. The molecule has 0 aliphatic rings. The highest BCUT2D eigenvalue weighted by Crippen LogP contribution is 2.27. The summed E-state index contributed by atoms with van der Waals surface area (Å²) in [5.74, 6) is -1.05. The lowest BCUT2D eigenvalue weighted by molar-refractivity contribution is -0.415. The Hall–Kier alpha value is -0.160. The molecule has 4 nitrogen and oxygen atoms in total. The average Bonchev–Trinajstić information content (AvgIpc) is 2.39. The minimum absolute atomic E-state index is 0.177.